The summed E-state index contributed by atoms with van der Waals surface area (Å²) in [5.41, 5.74) is 4.22. The van der Waals surface area contributed by atoms with E-state index in [9.17, 15) is 9.18 Å². The van der Waals surface area contributed by atoms with E-state index in [2.05, 4.69) is 15.3 Å². The predicted molar refractivity (Wildman–Crippen MR) is 98.3 cm³/mol. The van der Waals surface area contributed by atoms with Crippen LogP contribution in [0.25, 0.3) is 11.0 Å². The van der Waals surface area contributed by atoms with Crippen molar-refractivity contribution in [1.82, 2.24) is 20.2 Å². The number of piperidine rings is 1. The number of pyridine rings is 1. The molecule has 26 heavy (non-hydrogen) atoms. The zero-order chi connectivity index (χ0) is 17.9. The van der Waals surface area contributed by atoms with Gasteiger partial charge in [0.2, 0.25) is 0 Å². The van der Waals surface area contributed by atoms with Crippen LogP contribution in [0.3, 0.4) is 0 Å². The van der Waals surface area contributed by atoms with E-state index in [0.717, 1.165) is 42.5 Å². The largest absolute Gasteiger partial charge is 0.360 e. The molecule has 134 valence electrons. The molecule has 0 atom stereocenters. The number of nitrogens with zero attached hydrogens (tertiary/aromatic N) is 2. The number of fused-ring (bicyclic) bond motifs is 1. The van der Waals surface area contributed by atoms with Crippen molar-refractivity contribution >= 4 is 17.1 Å². The zero-order valence-electron chi connectivity index (χ0n) is 14.4. The summed E-state index contributed by atoms with van der Waals surface area (Å²) in [6.45, 7) is 1.85. The van der Waals surface area contributed by atoms with Gasteiger partial charge < -0.3 is 15.2 Å². The first-order chi connectivity index (χ1) is 12.7. The lowest BCUT2D eigenvalue weighted by molar-refractivity contribution is 0.181. The molecule has 0 unspecified atom stereocenters. The Morgan fingerprint density at radius 3 is 2.77 bits per heavy atom. The molecule has 3 heterocycles. The van der Waals surface area contributed by atoms with E-state index >= 15 is 0 Å². The number of urea groups is 1. The molecule has 0 bridgehead atoms. The summed E-state index contributed by atoms with van der Waals surface area (Å²) >= 11 is 0. The first-order valence-corrected chi connectivity index (χ1v) is 8.90. The molecular formula is C20H21FN4O. The van der Waals surface area contributed by atoms with Gasteiger partial charge in [0.15, 0.2) is 0 Å². The average Bonchev–Trinajstić information content (AvgIpc) is 3.11. The Morgan fingerprint density at radius 1 is 1.23 bits per heavy atom. The molecule has 2 amide bonds. The number of carbonyl (C=O) groups is 1. The van der Waals surface area contributed by atoms with Gasteiger partial charge >= 0.3 is 6.03 Å². The second-order valence-electron chi connectivity index (χ2n) is 6.69. The Balaban J connectivity index is 1.33. The second-order valence-corrected chi connectivity index (χ2v) is 6.69. The predicted octanol–water partition coefficient (Wildman–Crippen LogP) is 3.79. The lowest BCUT2D eigenvalue weighted by Crippen LogP contribution is -2.43. The van der Waals surface area contributed by atoms with Crippen LogP contribution >= 0.6 is 0 Å². The normalized spacial score (nSPS) is 15.3. The molecule has 6 heteroatoms. The van der Waals surface area contributed by atoms with E-state index in [4.69, 9.17) is 0 Å². The van der Waals surface area contributed by atoms with E-state index in [1.165, 1.54) is 17.7 Å². The third-order valence-electron chi connectivity index (χ3n) is 5.04. The minimum absolute atomic E-state index is 0.0650. The zero-order valence-corrected chi connectivity index (χ0v) is 14.4. The van der Waals surface area contributed by atoms with Crippen LogP contribution < -0.4 is 5.32 Å². The molecule has 0 spiro atoms. The molecule has 1 fully saturated rings. The number of benzene rings is 1. The number of H-pyrrole nitrogens is 1. The topological polar surface area (TPSA) is 61.0 Å². The first-order valence-electron chi connectivity index (χ1n) is 8.90. The van der Waals surface area contributed by atoms with Crippen LogP contribution in [0.5, 0.6) is 0 Å². The fourth-order valence-corrected chi connectivity index (χ4v) is 3.57. The molecule has 1 aliphatic heterocycles. The van der Waals surface area contributed by atoms with Crippen LogP contribution in [-0.4, -0.2) is 34.0 Å². The number of amides is 2. The van der Waals surface area contributed by atoms with Crippen molar-refractivity contribution in [2.45, 2.75) is 25.3 Å². The monoisotopic (exact) mass is 352 g/mol. The van der Waals surface area contributed by atoms with Crippen molar-refractivity contribution < 1.29 is 9.18 Å². The summed E-state index contributed by atoms with van der Waals surface area (Å²) in [6, 6.07) is 10.1. The van der Waals surface area contributed by atoms with Gasteiger partial charge in [0.1, 0.15) is 5.82 Å². The number of halogens is 1. The minimum Gasteiger partial charge on any atom is -0.360 e. The molecular weight excluding hydrogens is 331 g/mol. The van der Waals surface area contributed by atoms with Crippen molar-refractivity contribution in [3.05, 3.63) is 65.7 Å². The Bertz CT molecular complexity index is 898. The number of aromatic nitrogens is 2. The summed E-state index contributed by atoms with van der Waals surface area (Å²) in [4.78, 5) is 22.0. The van der Waals surface area contributed by atoms with Gasteiger partial charge in [-0.05, 0) is 54.2 Å². The molecule has 3 aromatic rings. The fourth-order valence-electron chi connectivity index (χ4n) is 3.57. The Kier molecular flexibility index (Phi) is 4.56. The number of hydrogen-bond acceptors (Lipinski definition) is 2. The van der Waals surface area contributed by atoms with Gasteiger partial charge in [-0.25, -0.2) is 9.18 Å². The molecule has 2 N–H and O–H groups in total. The molecule has 0 radical (unpaired) electrons. The number of hydrogen-bond donors (Lipinski definition) is 2. The highest BCUT2D eigenvalue weighted by Crippen LogP contribution is 2.32. The van der Waals surface area contributed by atoms with Crippen LogP contribution in [0.15, 0.2) is 48.8 Å². The van der Waals surface area contributed by atoms with E-state index in [1.54, 1.807) is 12.1 Å². The maximum Gasteiger partial charge on any atom is 0.317 e. The quantitative estimate of drug-likeness (QED) is 0.753. The standard InChI is InChI=1S/C20H21FN4O/c21-16-5-3-14(4-6-16)12-24-20(26)25-10-7-15(8-11-25)17-13-23-18-2-1-9-22-19(17)18/h1-6,9,13,15,23H,7-8,10-12H2,(H,24,26). The van der Waals surface area contributed by atoms with Crippen LogP contribution in [0.2, 0.25) is 0 Å². The molecule has 4 rings (SSSR count). The molecule has 1 saturated heterocycles. The Hall–Kier alpha value is -2.89. The Labute approximate surface area is 151 Å². The van der Waals surface area contributed by atoms with E-state index in [0.29, 0.717) is 12.5 Å². The van der Waals surface area contributed by atoms with Gasteiger partial charge in [-0.15, -0.1) is 0 Å². The van der Waals surface area contributed by atoms with Gasteiger partial charge in [0.05, 0.1) is 11.0 Å². The van der Waals surface area contributed by atoms with Gasteiger partial charge in [0.25, 0.3) is 0 Å². The smallest absolute Gasteiger partial charge is 0.317 e. The first kappa shape index (κ1) is 16.6. The van der Waals surface area contributed by atoms with Gasteiger partial charge in [-0.1, -0.05) is 12.1 Å². The van der Waals surface area contributed by atoms with E-state index < -0.39 is 0 Å². The highest BCUT2D eigenvalue weighted by molar-refractivity contribution is 5.79. The fraction of sp³-hybridized carbons (Fsp3) is 0.300. The second kappa shape index (κ2) is 7.15. The lowest BCUT2D eigenvalue weighted by atomic mass is 9.90. The Morgan fingerprint density at radius 2 is 2.00 bits per heavy atom. The van der Waals surface area contributed by atoms with Crippen molar-refractivity contribution in [3.8, 4) is 0 Å². The summed E-state index contributed by atoms with van der Waals surface area (Å²) in [5.74, 6) is 0.147. The number of nitrogens with one attached hydrogen (secondary N) is 2. The van der Waals surface area contributed by atoms with Crippen LogP contribution in [0.1, 0.15) is 29.9 Å². The molecule has 0 aliphatic carbocycles. The average molecular weight is 352 g/mol. The number of carbonyl (C=O) groups excluding carboxylic acids is 1. The number of aromatic amines is 1. The summed E-state index contributed by atoms with van der Waals surface area (Å²) < 4.78 is 12.9. The molecule has 1 aliphatic rings. The van der Waals surface area contributed by atoms with E-state index in [-0.39, 0.29) is 11.8 Å². The minimum atomic E-state index is -0.270. The van der Waals surface area contributed by atoms with Crippen LogP contribution in [-0.2, 0) is 6.54 Å². The summed E-state index contributed by atoms with van der Waals surface area (Å²) in [6.07, 6.45) is 5.71. The van der Waals surface area contributed by atoms with Crippen LogP contribution in [0.4, 0.5) is 9.18 Å². The van der Waals surface area contributed by atoms with Gasteiger partial charge in [-0.3, -0.25) is 4.98 Å². The SMILES string of the molecule is O=C(NCc1ccc(F)cc1)N1CCC(c2c[nH]c3cccnc23)CC1. The van der Waals surface area contributed by atoms with Gasteiger partial charge in [0, 0.05) is 32.0 Å². The van der Waals surface area contributed by atoms with Crippen molar-refractivity contribution in [1.29, 1.82) is 0 Å². The third kappa shape index (κ3) is 3.40. The molecule has 1 aromatic carbocycles. The molecule has 0 saturated carbocycles. The van der Waals surface area contributed by atoms with Crippen molar-refractivity contribution in [2.75, 3.05) is 13.1 Å². The van der Waals surface area contributed by atoms with Crippen molar-refractivity contribution in [2.24, 2.45) is 0 Å². The number of rotatable bonds is 3. The lowest BCUT2D eigenvalue weighted by Gasteiger charge is -2.31. The maximum atomic E-state index is 12.9. The highest BCUT2D eigenvalue weighted by atomic mass is 19.1. The van der Waals surface area contributed by atoms with E-state index in [1.807, 2.05) is 29.4 Å². The third-order valence-corrected chi connectivity index (χ3v) is 5.04. The van der Waals surface area contributed by atoms with Gasteiger partial charge in [-0.2, -0.15) is 0 Å². The van der Waals surface area contributed by atoms with Crippen molar-refractivity contribution in [3.63, 3.8) is 0 Å². The summed E-state index contributed by atoms with van der Waals surface area (Å²) in [7, 11) is 0. The molecule has 5 nitrogen and oxygen atoms in total. The maximum absolute atomic E-state index is 12.9. The summed E-state index contributed by atoms with van der Waals surface area (Å²) in [5, 5.41) is 2.91. The van der Waals surface area contributed by atoms with Crippen LogP contribution in [0, 0.1) is 5.82 Å². The highest BCUT2D eigenvalue weighted by Gasteiger charge is 2.25. The molecule has 2 aromatic heterocycles. The number of likely N-dealkylation sites (tertiary alicyclic amines) is 1.